The van der Waals surface area contributed by atoms with Crippen LogP contribution in [0.5, 0.6) is 0 Å². The molecule has 0 aromatic heterocycles. The predicted octanol–water partition coefficient (Wildman–Crippen LogP) is 3.36. The molecule has 0 unspecified atom stereocenters. The van der Waals surface area contributed by atoms with E-state index in [2.05, 4.69) is 26.1 Å². The molecule has 0 heterocycles. The molecule has 17 heavy (non-hydrogen) atoms. The molecule has 0 spiro atoms. The van der Waals surface area contributed by atoms with Crippen LogP contribution in [0.15, 0.2) is 0 Å². The Kier molecular flexibility index (Phi) is 4.15. The minimum Gasteiger partial charge on any atom is -0.348 e. The molecule has 0 bridgehead atoms. The van der Waals surface area contributed by atoms with Gasteiger partial charge in [-0.1, -0.05) is 20.8 Å². The molecule has 2 nitrogen and oxygen atoms in total. The van der Waals surface area contributed by atoms with E-state index in [-0.39, 0.29) is 11.5 Å². The van der Waals surface area contributed by atoms with Crippen molar-refractivity contribution in [3.05, 3.63) is 0 Å². The van der Waals surface area contributed by atoms with Crippen LogP contribution in [0.2, 0.25) is 0 Å². The molecule has 0 aromatic rings. The van der Waals surface area contributed by atoms with E-state index in [4.69, 9.17) is 0 Å². The van der Waals surface area contributed by atoms with Crippen molar-refractivity contribution in [3.8, 4) is 0 Å². The number of halogens is 2. The highest BCUT2D eigenvalue weighted by Gasteiger charge is 2.35. The highest BCUT2D eigenvalue weighted by molar-refractivity contribution is 5.83. The molecule has 1 aliphatic rings. The summed E-state index contributed by atoms with van der Waals surface area (Å²) in [6, 6.07) is -0.0769. The molecule has 4 heteroatoms. The summed E-state index contributed by atoms with van der Waals surface area (Å²) in [5.41, 5.74) is 0.268. The molecule has 1 saturated carbocycles. The van der Waals surface area contributed by atoms with Crippen LogP contribution in [0, 0.1) is 11.3 Å². The normalized spacial score (nSPS) is 26.7. The van der Waals surface area contributed by atoms with E-state index < -0.39 is 11.8 Å². The third kappa shape index (κ3) is 4.25. The van der Waals surface area contributed by atoms with Crippen molar-refractivity contribution in [1.29, 1.82) is 0 Å². The van der Waals surface area contributed by atoms with Crippen LogP contribution in [-0.4, -0.2) is 17.9 Å². The van der Waals surface area contributed by atoms with E-state index in [1.54, 1.807) is 0 Å². The Bertz CT molecular complexity index is 270. The van der Waals surface area contributed by atoms with E-state index in [1.165, 1.54) is 0 Å². The fourth-order valence-electron chi connectivity index (χ4n) is 2.42. The molecule has 100 valence electrons. The van der Waals surface area contributed by atoms with Crippen molar-refractivity contribution in [2.24, 2.45) is 11.3 Å². The number of alkyl halides is 2. The number of carbonyl (C=O) groups is 1. The summed E-state index contributed by atoms with van der Waals surface area (Å²) in [6.07, 6.45) is 3.63. The Morgan fingerprint density at radius 2 is 1.53 bits per heavy atom. The van der Waals surface area contributed by atoms with Crippen LogP contribution in [-0.2, 0) is 4.79 Å². The minimum absolute atomic E-state index is 0.0769. The van der Waals surface area contributed by atoms with E-state index >= 15 is 0 Å². The first-order chi connectivity index (χ1) is 7.60. The zero-order chi connectivity index (χ0) is 13.3. The molecule has 1 rings (SSSR count). The second kappa shape index (κ2) is 4.91. The van der Waals surface area contributed by atoms with Crippen molar-refractivity contribution >= 4 is 5.91 Å². The van der Waals surface area contributed by atoms with Gasteiger partial charge in [-0.05, 0) is 37.0 Å². The monoisotopic (exact) mass is 247 g/mol. The molecule has 1 amide bonds. The molecular formula is C13H23F2NO. The van der Waals surface area contributed by atoms with Gasteiger partial charge in [-0.15, -0.1) is 0 Å². The van der Waals surface area contributed by atoms with E-state index in [0.717, 1.165) is 25.7 Å². The quantitative estimate of drug-likeness (QED) is 0.796. The molecule has 1 fully saturated rings. The summed E-state index contributed by atoms with van der Waals surface area (Å²) >= 11 is 0. The van der Waals surface area contributed by atoms with Crippen molar-refractivity contribution in [2.75, 3.05) is 0 Å². The van der Waals surface area contributed by atoms with E-state index in [0.29, 0.717) is 12.8 Å². The van der Waals surface area contributed by atoms with Gasteiger partial charge in [0.1, 0.15) is 0 Å². The van der Waals surface area contributed by atoms with Crippen LogP contribution in [0.3, 0.4) is 0 Å². The van der Waals surface area contributed by atoms with Crippen LogP contribution in [0.25, 0.3) is 0 Å². The average Bonchev–Trinajstić information content (AvgIpc) is 2.15. The average molecular weight is 247 g/mol. The maximum Gasteiger partial charge on any atom is 0.321 e. The summed E-state index contributed by atoms with van der Waals surface area (Å²) in [4.78, 5) is 11.2. The van der Waals surface area contributed by atoms with Crippen LogP contribution in [0.4, 0.5) is 8.78 Å². The van der Waals surface area contributed by atoms with Gasteiger partial charge in [-0.3, -0.25) is 4.79 Å². The molecule has 0 aromatic carbocycles. The molecule has 0 radical (unpaired) electrons. The minimum atomic E-state index is -3.26. The summed E-state index contributed by atoms with van der Waals surface area (Å²) in [5.74, 6) is -3.78. The Morgan fingerprint density at radius 1 is 1.06 bits per heavy atom. The Labute approximate surface area is 102 Å². The largest absolute Gasteiger partial charge is 0.348 e. The lowest BCUT2D eigenvalue weighted by atomic mass is 9.71. The number of hydrogen-bond acceptors (Lipinski definition) is 1. The fourth-order valence-corrected chi connectivity index (χ4v) is 2.42. The lowest BCUT2D eigenvalue weighted by Gasteiger charge is -2.37. The molecule has 0 atom stereocenters. The summed E-state index contributed by atoms with van der Waals surface area (Å²) in [5, 5.41) is 2.44. The molecule has 0 saturated heterocycles. The first-order valence-electron chi connectivity index (χ1n) is 6.29. The third-order valence-corrected chi connectivity index (χ3v) is 3.69. The van der Waals surface area contributed by atoms with Crippen LogP contribution in [0.1, 0.15) is 53.4 Å². The van der Waals surface area contributed by atoms with Crippen molar-refractivity contribution in [3.63, 3.8) is 0 Å². The molecular weight excluding hydrogens is 224 g/mol. The van der Waals surface area contributed by atoms with Gasteiger partial charge in [0.05, 0.1) is 0 Å². The molecule has 1 aliphatic carbocycles. The maximum atomic E-state index is 12.7. The van der Waals surface area contributed by atoms with Gasteiger partial charge in [0.2, 0.25) is 0 Å². The zero-order valence-corrected chi connectivity index (χ0v) is 11.1. The fraction of sp³-hybridized carbons (Fsp3) is 0.923. The van der Waals surface area contributed by atoms with Crippen LogP contribution < -0.4 is 5.32 Å². The standard InChI is InChI=1S/C13H23F2NO/c1-12(2,3)9-5-7-10(8-6-9)16-11(17)13(4,14)15/h9-10H,5-8H2,1-4H3,(H,16,17). The highest BCUT2D eigenvalue weighted by Crippen LogP contribution is 2.37. The summed E-state index contributed by atoms with van der Waals surface area (Å²) in [6.45, 7) is 7.26. The first kappa shape index (κ1) is 14.4. The lowest BCUT2D eigenvalue weighted by Crippen LogP contribution is -2.45. The second-order valence-corrected chi connectivity index (χ2v) is 6.28. The summed E-state index contributed by atoms with van der Waals surface area (Å²) in [7, 11) is 0. The molecule has 0 aliphatic heterocycles. The van der Waals surface area contributed by atoms with E-state index in [1.807, 2.05) is 0 Å². The lowest BCUT2D eigenvalue weighted by molar-refractivity contribution is -0.144. The van der Waals surface area contributed by atoms with Gasteiger partial charge in [0.15, 0.2) is 0 Å². The number of rotatable bonds is 2. The van der Waals surface area contributed by atoms with Gasteiger partial charge in [-0.25, -0.2) is 0 Å². The van der Waals surface area contributed by atoms with Gasteiger partial charge >= 0.3 is 5.92 Å². The smallest absolute Gasteiger partial charge is 0.321 e. The maximum absolute atomic E-state index is 12.7. The topological polar surface area (TPSA) is 29.1 Å². The van der Waals surface area contributed by atoms with Crippen molar-refractivity contribution < 1.29 is 13.6 Å². The van der Waals surface area contributed by atoms with Gasteiger partial charge in [-0.2, -0.15) is 8.78 Å². The van der Waals surface area contributed by atoms with Crippen molar-refractivity contribution in [2.45, 2.75) is 65.3 Å². The van der Waals surface area contributed by atoms with Crippen LogP contribution >= 0.6 is 0 Å². The number of hydrogen-bond donors (Lipinski definition) is 1. The predicted molar refractivity (Wildman–Crippen MR) is 64.0 cm³/mol. The molecule has 1 N–H and O–H groups in total. The van der Waals surface area contributed by atoms with Gasteiger partial charge < -0.3 is 5.32 Å². The Balaban J connectivity index is 2.41. The Hall–Kier alpha value is -0.670. The Morgan fingerprint density at radius 3 is 1.88 bits per heavy atom. The second-order valence-electron chi connectivity index (χ2n) is 6.28. The zero-order valence-electron chi connectivity index (χ0n) is 11.1. The summed E-state index contributed by atoms with van der Waals surface area (Å²) < 4.78 is 25.4. The number of nitrogens with one attached hydrogen (secondary N) is 1. The van der Waals surface area contributed by atoms with E-state index in [9.17, 15) is 13.6 Å². The third-order valence-electron chi connectivity index (χ3n) is 3.69. The highest BCUT2D eigenvalue weighted by atomic mass is 19.3. The number of carbonyl (C=O) groups excluding carboxylic acids is 1. The van der Waals surface area contributed by atoms with Crippen molar-refractivity contribution in [1.82, 2.24) is 5.32 Å². The van der Waals surface area contributed by atoms with Gasteiger partial charge in [0, 0.05) is 13.0 Å². The SMILES string of the molecule is CC(F)(F)C(=O)NC1CCC(C(C)(C)C)CC1. The van der Waals surface area contributed by atoms with Gasteiger partial charge in [0.25, 0.3) is 5.91 Å². The first-order valence-corrected chi connectivity index (χ1v) is 6.29. The number of amides is 1.